The van der Waals surface area contributed by atoms with Crippen molar-refractivity contribution in [2.24, 2.45) is 4.99 Å². The van der Waals surface area contributed by atoms with Crippen LogP contribution < -0.4 is 20.1 Å². The largest absolute Gasteiger partial charge is 0.493 e. The number of hydrogen-bond donors (Lipinski definition) is 2. The first-order valence-electron chi connectivity index (χ1n) is 7.22. The van der Waals surface area contributed by atoms with E-state index in [1.165, 1.54) is 26.0 Å². The van der Waals surface area contributed by atoms with Gasteiger partial charge in [-0.25, -0.2) is 0 Å². The van der Waals surface area contributed by atoms with Crippen LogP contribution in [0.5, 0.6) is 11.5 Å². The first-order chi connectivity index (χ1) is 11.6. The molecule has 0 radical (unpaired) electrons. The van der Waals surface area contributed by atoms with Crippen molar-refractivity contribution < 1.29 is 19.1 Å². The molecule has 128 valence electrons. The van der Waals surface area contributed by atoms with Gasteiger partial charge in [0.25, 0.3) is 0 Å². The molecule has 1 atom stereocenters. The second-order valence-electron chi connectivity index (χ2n) is 4.85. The van der Waals surface area contributed by atoms with E-state index in [9.17, 15) is 9.59 Å². The summed E-state index contributed by atoms with van der Waals surface area (Å²) >= 11 is 1.25. The first kappa shape index (κ1) is 17.9. The lowest BCUT2D eigenvalue weighted by Crippen LogP contribution is -2.28. The normalized spacial score (nSPS) is 18.2. The van der Waals surface area contributed by atoms with Crippen LogP contribution in [-0.2, 0) is 9.59 Å². The van der Waals surface area contributed by atoms with E-state index in [2.05, 4.69) is 22.2 Å². The Balaban J connectivity index is 1.96. The Morgan fingerprint density at radius 1 is 1.42 bits per heavy atom. The second kappa shape index (κ2) is 8.39. The maximum Gasteiger partial charge on any atom is 0.240 e. The standard InChI is InChI=1S/C16H19N3O4S/c1-4-7-17-16-19-15(21)13(24-16)9-14(20)18-10-5-6-11(22-2)12(8-10)23-3/h4-6,8,13H,1,7,9H2,2-3H3,(H,18,20)(H,17,19,21)/t13-/m1/s1. The Kier molecular flexibility index (Phi) is 6.25. The van der Waals surface area contributed by atoms with Gasteiger partial charge in [0.05, 0.1) is 20.8 Å². The minimum absolute atomic E-state index is 0.0535. The fourth-order valence-corrected chi connectivity index (χ4v) is 3.04. The molecule has 1 heterocycles. The second-order valence-corrected chi connectivity index (χ2v) is 6.04. The van der Waals surface area contributed by atoms with E-state index in [1.807, 2.05) is 0 Å². The summed E-state index contributed by atoms with van der Waals surface area (Å²) in [6.45, 7) is 3.99. The zero-order valence-electron chi connectivity index (χ0n) is 13.5. The van der Waals surface area contributed by atoms with Crippen LogP contribution in [0, 0.1) is 0 Å². The van der Waals surface area contributed by atoms with Crippen LogP contribution in [0.15, 0.2) is 35.8 Å². The zero-order chi connectivity index (χ0) is 17.5. The lowest BCUT2D eigenvalue weighted by Gasteiger charge is -2.11. The third-order valence-corrected chi connectivity index (χ3v) is 4.30. The van der Waals surface area contributed by atoms with Gasteiger partial charge in [0, 0.05) is 18.2 Å². The van der Waals surface area contributed by atoms with Gasteiger partial charge >= 0.3 is 0 Å². The summed E-state index contributed by atoms with van der Waals surface area (Å²) in [6.07, 6.45) is 1.69. The van der Waals surface area contributed by atoms with Gasteiger partial charge in [-0.1, -0.05) is 17.8 Å². The van der Waals surface area contributed by atoms with Crippen LogP contribution in [0.2, 0.25) is 0 Å². The molecule has 2 amide bonds. The Hall–Kier alpha value is -2.48. The number of amidine groups is 1. The number of anilines is 1. The van der Waals surface area contributed by atoms with Gasteiger partial charge in [0.2, 0.25) is 11.8 Å². The smallest absolute Gasteiger partial charge is 0.240 e. The molecule has 1 fully saturated rings. The molecule has 0 aliphatic carbocycles. The van der Waals surface area contributed by atoms with Crippen LogP contribution in [-0.4, -0.2) is 43.0 Å². The van der Waals surface area contributed by atoms with Crippen LogP contribution in [0.3, 0.4) is 0 Å². The average molecular weight is 349 g/mol. The molecular weight excluding hydrogens is 330 g/mol. The Bertz CT molecular complexity index is 675. The zero-order valence-corrected chi connectivity index (χ0v) is 14.3. The number of carbonyl (C=O) groups is 2. The molecule has 1 aromatic rings. The third kappa shape index (κ3) is 4.51. The summed E-state index contributed by atoms with van der Waals surface area (Å²) in [5.74, 6) is 0.608. The number of nitrogens with one attached hydrogen (secondary N) is 2. The van der Waals surface area contributed by atoms with E-state index in [1.54, 1.807) is 24.3 Å². The van der Waals surface area contributed by atoms with Gasteiger partial charge < -0.3 is 20.1 Å². The van der Waals surface area contributed by atoms with E-state index >= 15 is 0 Å². The SMILES string of the molecule is C=CCN=C1NC(=O)[C@@H](CC(=O)Nc2ccc(OC)c(OC)c2)S1. The number of amides is 2. The number of hydrogen-bond acceptors (Lipinski definition) is 6. The van der Waals surface area contributed by atoms with E-state index in [4.69, 9.17) is 9.47 Å². The molecule has 0 aromatic heterocycles. The van der Waals surface area contributed by atoms with Crippen LogP contribution in [0.25, 0.3) is 0 Å². The molecule has 1 aliphatic rings. The molecule has 0 saturated carbocycles. The van der Waals surface area contributed by atoms with E-state index in [-0.39, 0.29) is 18.2 Å². The molecule has 1 aromatic carbocycles. The number of carbonyl (C=O) groups excluding carboxylic acids is 2. The molecule has 2 rings (SSSR count). The summed E-state index contributed by atoms with van der Waals surface area (Å²) in [5, 5.41) is 5.43. The number of thioether (sulfide) groups is 1. The summed E-state index contributed by atoms with van der Waals surface area (Å²) in [7, 11) is 3.06. The van der Waals surface area contributed by atoms with Crippen molar-refractivity contribution in [3.05, 3.63) is 30.9 Å². The summed E-state index contributed by atoms with van der Waals surface area (Å²) in [6, 6.07) is 5.07. The van der Waals surface area contributed by atoms with E-state index in [0.29, 0.717) is 28.9 Å². The molecule has 1 saturated heterocycles. The van der Waals surface area contributed by atoms with Crippen LogP contribution in [0.1, 0.15) is 6.42 Å². The fraction of sp³-hybridized carbons (Fsp3) is 0.312. The highest BCUT2D eigenvalue weighted by Gasteiger charge is 2.31. The van der Waals surface area contributed by atoms with Crippen molar-refractivity contribution in [2.75, 3.05) is 26.1 Å². The molecule has 8 heteroatoms. The van der Waals surface area contributed by atoms with Gasteiger partial charge in [-0.3, -0.25) is 14.6 Å². The van der Waals surface area contributed by atoms with E-state index in [0.717, 1.165) is 0 Å². The molecule has 0 unspecified atom stereocenters. The Labute approximate surface area is 144 Å². The van der Waals surface area contributed by atoms with Crippen LogP contribution in [0.4, 0.5) is 5.69 Å². The van der Waals surface area contributed by atoms with Gasteiger partial charge in [-0.15, -0.1) is 6.58 Å². The van der Waals surface area contributed by atoms with E-state index < -0.39 is 5.25 Å². The highest BCUT2D eigenvalue weighted by atomic mass is 32.2. The van der Waals surface area contributed by atoms with Gasteiger partial charge in [-0.05, 0) is 12.1 Å². The van der Waals surface area contributed by atoms with Crippen LogP contribution >= 0.6 is 11.8 Å². The maximum atomic E-state index is 12.2. The number of benzene rings is 1. The number of aliphatic imine (C=N–C) groups is 1. The summed E-state index contributed by atoms with van der Waals surface area (Å²) in [5.41, 5.74) is 0.571. The summed E-state index contributed by atoms with van der Waals surface area (Å²) < 4.78 is 10.3. The number of ether oxygens (including phenoxy) is 2. The third-order valence-electron chi connectivity index (χ3n) is 3.18. The van der Waals surface area contributed by atoms with Crippen molar-refractivity contribution in [1.82, 2.24) is 5.32 Å². The average Bonchev–Trinajstić information content (AvgIpc) is 2.92. The molecule has 0 bridgehead atoms. The summed E-state index contributed by atoms with van der Waals surface area (Å²) in [4.78, 5) is 28.2. The number of rotatable bonds is 7. The number of methoxy groups -OCH3 is 2. The molecule has 1 aliphatic heterocycles. The van der Waals surface area contributed by atoms with Crippen molar-refractivity contribution in [2.45, 2.75) is 11.7 Å². The Morgan fingerprint density at radius 2 is 2.17 bits per heavy atom. The maximum absolute atomic E-state index is 12.2. The minimum atomic E-state index is -0.492. The van der Waals surface area contributed by atoms with Gasteiger partial charge in [-0.2, -0.15) is 0 Å². The molecule has 24 heavy (non-hydrogen) atoms. The van der Waals surface area contributed by atoms with Crippen molar-refractivity contribution in [3.63, 3.8) is 0 Å². The topological polar surface area (TPSA) is 89.0 Å². The van der Waals surface area contributed by atoms with Crippen molar-refractivity contribution in [3.8, 4) is 11.5 Å². The highest BCUT2D eigenvalue weighted by molar-refractivity contribution is 8.15. The van der Waals surface area contributed by atoms with Gasteiger partial charge in [0.15, 0.2) is 16.7 Å². The minimum Gasteiger partial charge on any atom is -0.493 e. The monoisotopic (exact) mass is 349 g/mol. The lowest BCUT2D eigenvalue weighted by atomic mass is 10.2. The molecule has 0 spiro atoms. The lowest BCUT2D eigenvalue weighted by molar-refractivity contribution is -0.122. The molecule has 2 N–H and O–H groups in total. The molecular formula is C16H19N3O4S. The Morgan fingerprint density at radius 3 is 2.83 bits per heavy atom. The number of nitrogens with zero attached hydrogens (tertiary/aromatic N) is 1. The van der Waals surface area contributed by atoms with Gasteiger partial charge in [0.1, 0.15) is 5.25 Å². The van der Waals surface area contributed by atoms with Crippen molar-refractivity contribution in [1.29, 1.82) is 0 Å². The predicted octanol–water partition coefficient (Wildman–Crippen LogP) is 1.81. The molecule has 7 nitrogen and oxygen atoms in total. The predicted molar refractivity (Wildman–Crippen MR) is 94.8 cm³/mol. The first-order valence-corrected chi connectivity index (χ1v) is 8.10. The van der Waals surface area contributed by atoms with Crippen molar-refractivity contribution >= 4 is 34.4 Å². The fourth-order valence-electron chi connectivity index (χ4n) is 2.06. The highest BCUT2D eigenvalue weighted by Crippen LogP contribution is 2.30. The quantitative estimate of drug-likeness (QED) is 0.733.